The highest BCUT2D eigenvalue weighted by Crippen LogP contribution is 2.23. The van der Waals surface area contributed by atoms with Crippen LogP contribution in [-0.2, 0) is 6.54 Å². The molecule has 0 saturated carbocycles. The van der Waals surface area contributed by atoms with Crippen molar-refractivity contribution in [3.63, 3.8) is 0 Å². The number of nitrogens with zero attached hydrogens (tertiary/aromatic N) is 2. The lowest BCUT2D eigenvalue weighted by Gasteiger charge is -2.17. The summed E-state index contributed by atoms with van der Waals surface area (Å²) in [6.07, 6.45) is 4.71. The molecule has 5 nitrogen and oxygen atoms in total. The fourth-order valence-electron chi connectivity index (χ4n) is 2.03. The summed E-state index contributed by atoms with van der Waals surface area (Å²) in [4.78, 5) is 0. The first-order chi connectivity index (χ1) is 9.67. The van der Waals surface area contributed by atoms with Crippen molar-refractivity contribution in [1.29, 1.82) is 0 Å². The molecule has 20 heavy (non-hydrogen) atoms. The number of rotatable bonds is 7. The van der Waals surface area contributed by atoms with Gasteiger partial charge in [-0.05, 0) is 25.5 Å². The van der Waals surface area contributed by atoms with Gasteiger partial charge in [-0.15, -0.1) is 0 Å². The van der Waals surface area contributed by atoms with Crippen molar-refractivity contribution in [2.24, 2.45) is 0 Å². The Kier molecular flexibility index (Phi) is 4.87. The normalized spacial score (nSPS) is 12.1. The molecular formula is C15H22N4O. The van der Waals surface area contributed by atoms with Crippen LogP contribution in [0.15, 0.2) is 36.7 Å². The van der Waals surface area contributed by atoms with Crippen molar-refractivity contribution in [2.75, 3.05) is 17.7 Å². The topological polar surface area (TPSA) is 65.1 Å². The molecule has 0 fully saturated rings. The van der Waals surface area contributed by atoms with Crippen LogP contribution < -0.4 is 15.8 Å². The third kappa shape index (κ3) is 4.19. The van der Waals surface area contributed by atoms with Crippen LogP contribution in [0, 0.1) is 0 Å². The van der Waals surface area contributed by atoms with Crippen molar-refractivity contribution < 1.29 is 4.74 Å². The van der Waals surface area contributed by atoms with Gasteiger partial charge in [-0.2, -0.15) is 5.10 Å². The molecule has 0 aliphatic heterocycles. The van der Waals surface area contributed by atoms with Gasteiger partial charge in [0.1, 0.15) is 5.75 Å². The monoisotopic (exact) mass is 274 g/mol. The summed E-state index contributed by atoms with van der Waals surface area (Å²) in [6, 6.07) is 7.91. The fraction of sp³-hybridized carbons (Fsp3) is 0.400. The molecule has 5 heteroatoms. The quantitative estimate of drug-likeness (QED) is 0.762. The van der Waals surface area contributed by atoms with Gasteiger partial charge in [0.2, 0.25) is 0 Å². The maximum atomic E-state index is 5.91. The highest BCUT2D eigenvalue weighted by molar-refractivity contribution is 5.59. The summed E-state index contributed by atoms with van der Waals surface area (Å²) in [7, 11) is 0. The maximum absolute atomic E-state index is 5.91. The average Bonchev–Trinajstić information content (AvgIpc) is 2.88. The van der Waals surface area contributed by atoms with Gasteiger partial charge in [-0.3, -0.25) is 4.68 Å². The Morgan fingerprint density at radius 1 is 1.40 bits per heavy atom. The highest BCUT2D eigenvalue weighted by Gasteiger charge is 2.06. The van der Waals surface area contributed by atoms with Gasteiger partial charge in [-0.1, -0.05) is 6.92 Å². The van der Waals surface area contributed by atoms with Crippen LogP contribution in [0.3, 0.4) is 0 Å². The van der Waals surface area contributed by atoms with E-state index in [-0.39, 0.29) is 6.04 Å². The van der Waals surface area contributed by atoms with E-state index in [0.717, 1.165) is 24.4 Å². The molecule has 3 N–H and O–H groups in total. The number of nitrogens with two attached hydrogens (primary N) is 1. The van der Waals surface area contributed by atoms with E-state index in [4.69, 9.17) is 10.5 Å². The summed E-state index contributed by atoms with van der Waals surface area (Å²) in [5.41, 5.74) is 7.57. The van der Waals surface area contributed by atoms with Crippen LogP contribution >= 0.6 is 0 Å². The summed E-state index contributed by atoms with van der Waals surface area (Å²) in [6.45, 7) is 5.69. The predicted molar refractivity (Wildman–Crippen MR) is 82.0 cm³/mol. The number of nitrogens with one attached hydrogen (secondary N) is 1. The SMILES string of the molecule is CCCOc1cc(N)cc(NC(C)Cn2cccn2)c1. The molecule has 0 aliphatic rings. The Labute approximate surface area is 119 Å². The molecule has 1 unspecified atom stereocenters. The molecule has 0 radical (unpaired) electrons. The first-order valence-electron chi connectivity index (χ1n) is 6.94. The van der Waals surface area contributed by atoms with Gasteiger partial charge in [0, 0.05) is 41.9 Å². The van der Waals surface area contributed by atoms with E-state index >= 15 is 0 Å². The van der Waals surface area contributed by atoms with Gasteiger partial charge in [0.15, 0.2) is 0 Å². The van der Waals surface area contributed by atoms with E-state index in [1.54, 1.807) is 6.20 Å². The number of hydrogen-bond donors (Lipinski definition) is 2. The minimum Gasteiger partial charge on any atom is -0.493 e. The lowest BCUT2D eigenvalue weighted by molar-refractivity contribution is 0.318. The number of hydrogen-bond acceptors (Lipinski definition) is 4. The van der Waals surface area contributed by atoms with E-state index in [2.05, 4.69) is 24.3 Å². The molecule has 2 aromatic rings. The van der Waals surface area contributed by atoms with Crippen LogP contribution in [0.25, 0.3) is 0 Å². The van der Waals surface area contributed by atoms with E-state index in [1.807, 2.05) is 35.1 Å². The second-order valence-corrected chi connectivity index (χ2v) is 4.91. The van der Waals surface area contributed by atoms with E-state index in [0.29, 0.717) is 12.3 Å². The fourth-order valence-corrected chi connectivity index (χ4v) is 2.03. The van der Waals surface area contributed by atoms with Gasteiger partial charge >= 0.3 is 0 Å². The second-order valence-electron chi connectivity index (χ2n) is 4.91. The largest absolute Gasteiger partial charge is 0.493 e. The predicted octanol–water partition coefficient (Wildman–Crippen LogP) is 2.75. The molecular weight excluding hydrogens is 252 g/mol. The summed E-state index contributed by atoms with van der Waals surface area (Å²) < 4.78 is 7.53. The van der Waals surface area contributed by atoms with E-state index < -0.39 is 0 Å². The summed E-state index contributed by atoms with van der Waals surface area (Å²) in [5, 5.41) is 7.62. The van der Waals surface area contributed by atoms with Crippen LogP contribution in [0.4, 0.5) is 11.4 Å². The molecule has 1 aromatic heterocycles. The molecule has 2 rings (SSSR count). The third-order valence-electron chi connectivity index (χ3n) is 2.83. The van der Waals surface area contributed by atoms with Crippen molar-refractivity contribution in [3.05, 3.63) is 36.7 Å². The van der Waals surface area contributed by atoms with Crippen LogP contribution in [0.1, 0.15) is 20.3 Å². The van der Waals surface area contributed by atoms with Gasteiger partial charge in [0.25, 0.3) is 0 Å². The molecule has 1 heterocycles. The van der Waals surface area contributed by atoms with Gasteiger partial charge in [-0.25, -0.2) is 0 Å². The average molecular weight is 274 g/mol. The number of aromatic nitrogens is 2. The van der Waals surface area contributed by atoms with Gasteiger partial charge < -0.3 is 15.8 Å². The van der Waals surface area contributed by atoms with Crippen LogP contribution in [-0.4, -0.2) is 22.4 Å². The third-order valence-corrected chi connectivity index (χ3v) is 2.83. The lowest BCUT2D eigenvalue weighted by Crippen LogP contribution is -2.22. The van der Waals surface area contributed by atoms with Crippen molar-refractivity contribution in [3.8, 4) is 5.75 Å². The van der Waals surface area contributed by atoms with E-state index in [1.165, 1.54) is 0 Å². The highest BCUT2D eigenvalue weighted by atomic mass is 16.5. The molecule has 108 valence electrons. The first-order valence-corrected chi connectivity index (χ1v) is 6.94. The molecule has 1 atom stereocenters. The second kappa shape index (κ2) is 6.84. The molecule has 0 saturated heterocycles. The lowest BCUT2D eigenvalue weighted by atomic mass is 10.2. The van der Waals surface area contributed by atoms with Crippen molar-refractivity contribution in [1.82, 2.24) is 9.78 Å². The minimum absolute atomic E-state index is 0.246. The molecule has 0 bridgehead atoms. The first kappa shape index (κ1) is 14.2. The molecule has 0 amide bonds. The zero-order valence-electron chi connectivity index (χ0n) is 12.0. The maximum Gasteiger partial charge on any atom is 0.123 e. The Balaban J connectivity index is 1.98. The Hall–Kier alpha value is -2.17. The number of anilines is 2. The molecule has 0 aliphatic carbocycles. The van der Waals surface area contributed by atoms with Gasteiger partial charge in [0.05, 0.1) is 13.2 Å². The molecule has 1 aromatic carbocycles. The summed E-state index contributed by atoms with van der Waals surface area (Å²) in [5.74, 6) is 0.806. The molecule has 0 spiro atoms. The Morgan fingerprint density at radius 2 is 2.25 bits per heavy atom. The zero-order valence-corrected chi connectivity index (χ0v) is 12.0. The van der Waals surface area contributed by atoms with Crippen LogP contribution in [0.5, 0.6) is 5.75 Å². The zero-order chi connectivity index (χ0) is 14.4. The Bertz CT molecular complexity index is 525. The van der Waals surface area contributed by atoms with Crippen molar-refractivity contribution >= 4 is 11.4 Å². The number of ether oxygens (including phenoxy) is 1. The Morgan fingerprint density at radius 3 is 2.95 bits per heavy atom. The number of benzene rings is 1. The standard InChI is InChI=1S/C15H22N4O/c1-3-7-20-15-9-13(16)8-14(10-15)18-12(2)11-19-6-4-5-17-19/h4-6,8-10,12,18H,3,7,11,16H2,1-2H3. The van der Waals surface area contributed by atoms with E-state index in [9.17, 15) is 0 Å². The smallest absolute Gasteiger partial charge is 0.123 e. The van der Waals surface area contributed by atoms with Crippen molar-refractivity contribution in [2.45, 2.75) is 32.9 Å². The van der Waals surface area contributed by atoms with Crippen LogP contribution in [0.2, 0.25) is 0 Å². The minimum atomic E-state index is 0.246. The number of nitrogen functional groups attached to an aromatic ring is 1. The summed E-state index contributed by atoms with van der Waals surface area (Å²) >= 11 is 0.